The minimum atomic E-state index is 0.292. The number of nitrogens with zero attached hydrogens (tertiary/aromatic N) is 2. The summed E-state index contributed by atoms with van der Waals surface area (Å²) < 4.78 is 11.3. The van der Waals surface area contributed by atoms with Gasteiger partial charge in [0, 0.05) is 19.1 Å². The summed E-state index contributed by atoms with van der Waals surface area (Å²) in [6.07, 6.45) is 8.79. The average molecular weight is 251 g/mol. The predicted molar refractivity (Wildman–Crippen MR) is 67.6 cm³/mol. The highest BCUT2D eigenvalue weighted by molar-refractivity contribution is 5.18. The summed E-state index contributed by atoms with van der Waals surface area (Å²) in [4.78, 5) is 0. The number of hydrogen-bond donors (Lipinski definition) is 1. The van der Waals surface area contributed by atoms with Crippen molar-refractivity contribution in [2.24, 2.45) is 0 Å². The van der Waals surface area contributed by atoms with Gasteiger partial charge >= 0.3 is 6.01 Å². The van der Waals surface area contributed by atoms with Gasteiger partial charge in [0.1, 0.15) is 0 Å². The molecule has 1 unspecified atom stereocenters. The zero-order valence-electron chi connectivity index (χ0n) is 10.7. The molecule has 0 bridgehead atoms. The Morgan fingerprint density at radius 2 is 1.89 bits per heavy atom. The highest BCUT2D eigenvalue weighted by Crippen LogP contribution is 2.33. The standard InChI is InChI=1S/C13H21N3O2/c1-2-6-10(5-1)12-15-16-13(18-12)14-9-11-7-3-4-8-17-11/h10-11H,1-9H2,(H,14,16). The van der Waals surface area contributed by atoms with Crippen molar-refractivity contribution in [3.63, 3.8) is 0 Å². The zero-order valence-corrected chi connectivity index (χ0v) is 10.7. The van der Waals surface area contributed by atoms with Crippen LogP contribution in [0.25, 0.3) is 0 Å². The molecule has 1 aromatic rings. The summed E-state index contributed by atoms with van der Waals surface area (Å²) in [5.74, 6) is 1.29. The molecule has 1 saturated heterocycles. The molecule has 0 amide bonds. The van der Waals surface area contributed by atoms with Crippen molar-refractivity contribution in [1.82, 2.24) is 10.2 Å². The minimum absolute atomic E-state index is 0.292. The lowest BCUT2D eigenvalue weighted by Crippen LogP contribution is -2.27. The van der Waals surface area contributed by atoms with Crippen LogP contribution in [0, 0.1) is 0 Å². The normalized spacial score (nSPS) is 25.4. The lowest BCUT2D eigenvalue weighted by Gasteiger charge is -2.22. The second kappa shape index (κ2) is 5.69. The lowest BCUT2D eigenvalue weighted by molar-refractivity contribution is 0.0244. The van der Waals surface area contributed by atoms with Gasteiger partial charge in [-0.05, 0) is 32.1 Å². The second-order valence-corrected chi connectivity index (χ2v) is 5.30. The highest BCUT2D eigenvalue weighted by atomic mass is 16.5. The van der Waals surface area contributed by atoms with Crippen LogP contribution in [0.3, 0.4) is 0 Å². The van der Waals surface area contributed by atoms with E-state index < -0.39 is 0 Å². The van der Waals surface area contributed by atoms with E-state index >= 15 is 0 Å². The molecule has 1 N–H and O–H groups in total. The molecule has 0 spiro atoms. The van der Waals surface area contributed by atoms with E-state index in [0.29, 0.717) is 18.0 Å². The van der Waals surface area contributed by atoms with E-state index in [1.807, 2.05) is 0 Å². The summed E-state index contributed by atoms with van der Waals surface area (Å²) in [5, 5.41) is 11.4. The Bertz CT molecular complexity index is 368. The van der Waals surface area contributed by atoms with Crippen molar-refractivity contribution in [1.29, 1.82) is 0 Å². The first-order valence-corrected chi connectivity index (χ1v) is 7.11. The molecule has 2 heterocycles. The summed E-state index contributed by atoms with van der Waals surface area (Å²) in [6, 6.07) is 0.547. The number of rotatable bonds is 4. The molecular formula is C13H21N3O2. The second-order valence-electron chi connectivity index (χ2n) is 5.30. The van der Waals surface area contributed by atoms with Crippen molar-refractivity contribution >= 4 is 6.01 Å². The molecule has 1 aliphatic heterocycles. The molecule has 0 aromatic carbocycles. The lowest BCUT2D eigenvalue weighted by atomic mass is 10.1. The van der Waals surface area contributed by atoms with Crippen molar-refractivity contribution in [2.45, 2.75) is 57.0 Å². The van der Waals surface area contributed by atoms with Gasteiger partial charge in [0.25, 0.3) is 0 Å². The summed E-state index contributed by atoms with van der Waals surface area (Å²) in [6.45, 7) is 1.65. The van der Waals surface area contributed by atoms with Crippen LogP contribution in [0.2, 0.25) is 0 Å². The maximum absolute atomic E-state index is 5.67. The molecule has 5 nitrogen and oxygen atoms in total. The smallest absolute Gasteiger partial charge is 0.315 e. The Morgan fingerprint density at radius 1 is 1.06 bits per heavy atom. The van der Waals surface area contributed by atoms with Gasteiger partial charge in [0.2, 0.25) is 5.89 Å². The zero-order chi connectivity index (χ0) is 12.2. The molecular weight excluding hydrogens is 230 g/mol. The maximum Gasteiger partial charge on any atom is 0.315 e. The fraction of sp³-hybridized carbons (Fsp3) is 0.846. The number of aromatic nitrogens is 2. The van der Waals surface area contributed by atoms with Crippen LogP contribution >= 0.6 is 0 Å². The fourth-order valence-electron chi connectivity index (χ4n) is 2.81. The number of anilines is 1. The highest BCUT2D eigenvalue weighted by Gasteiger charge is 2.23. The minimum Gasteiger partial charge on any atom is -0.408 e. The molecule has 1 aromatic heterocycles. The molecule has 1 aliphatic carbocycles. The van der Waals surface area contributed by atoms with E-state index in [-0.39, 0.29) is 0 Å². The molecule has 2 aliphatic rings. The molecule has 5 heteroatoms. The number of nitrogens with one attached hydrogen (secondary N) is 1. The van der Waals surface area contributed by atoms with Crippen molar-refractivity contribution < 1.29 is 9.15 Å². The Kier molecular flexibility index (Phi) is 3.78. The van der Waals surface area contributed by atoms with Gasteiger partial charge < -0.3 is 14.5 Å². The Morgan fingerprint density at radius 3 is 2.67 bits per heavy atom. The summed E-state index contributed by atoms with van der Waals surface area (Å²) >= 11 is 0. The van der Waals surface area contributed by atoms with E-state index in [2.05, 4.69) is 15.5 Å². The fourth-order valence-corrected chi connectivity index (χ4v) is 2.81. The van der Waals surface area contributed by atoms with Gasteiger partial charge in [0.15, 0.2) is 0 Å². The monoisotopic (exact) mass is 251 g/mol. The Balaban J connectivity index is 1.50. The Hall–Kier alpha value is -1.10. The van der Waals surface area contributed by atoms with Crippen LogP contribution in [0.1, 0.15) is 56.8 Å². The van der Waals surface area contributed by atoms with Crippen LogP contribution < -0.4 is 5.32 Å². The van der Waals surface area contributed by atoms with Crippen molar-refractivity contribution in [2.75, 3.05) is 18.5 Å². The van der Waals surface area contributed by atoms with Crippen molar-refractivity contribution in [3.8, 4) is 0 Å². The average Bonchev–Trinajstić information content (AvgIpc) is 3.08. The molecule has 3 rings (SSSR count). The first kappa shape index (κ1) is 12.0. The first-order chi connectivity index (χ1) is 8.92. The third-order valence-corrected chi connectivity index (χ3v) is 3.90. The molecule has 0 radical (unpaired) electrons. The predicted octanol–water partition coefficient (Wildman–Crippen LogP) is 2.71. The van der Waals surface area contributed by atoms with Gasteiger partial charge in [-0.25, -0.2) is 0 Å². The number of ether oxygens (including phenoxy) is 1. The third-order valence-electron chi connectivity index (χ3n) is 3.90. The molecule has 1 atom stereocenters. The third kappa shape index (κ3) is 2.83. The van der Waals surface area contributed by atoms with Gasteiger partial charge in [0.05, 0.1) is 6.10 Å². The maximum atomic E-state index is 5.67. The van der Waals surface area contributed by atoms with Crippen LogP contribution in [-0.2, 0) is 4.74 Å². The Labute approximate surface area is 107 Å². The first-order valence-electron chi connectivity index (χ1n) is 7.11. The van der Waals surface area contributed by atoms with Crippen LogP contribution in [0.5, 0.6) is 0 Å². The van der Waals surface area contributed by atoms with E-state index in [0.717, 1.165) is 25.5 Å². The molecule has 18 heavy (non-hydrogen) atoms. The van der Waals surface area contributed by atoms with E-state index in [1.165, 1.54) is 38.5 Å². The quantitative estimate of drug-likeness (QED) is 0.891. The van der Waals surface area contributed by atoms with Crippen LogP contribution in [-0.4, -0.2) is 29.5 Å². The summed E-state index contributed by atoms with van der Waals surface area (Å²) in [7, 11) is 0. The topological polar surface area (TPSA) is 60.2 Å². The van der Waals surface area contributed by atoms with Gasteiger partial charge in [-0.15, -0.1) is 5.10 Å². The molecule has 1 saturated carbocycles. The van der Waals surface area contributed by atoms with E-state index in [4.69, 9.17) is 9.15 Å². The van der Waals surface area contributed by atoms with Crippen molar-refractivity contribution in [3.05, 3.63) is 5.89 Å². The summed E-state index contributed by atoms with van der Waals surface area (Å²) in [5.41, 5.74) is 0. The molecule has 100 valence electrons. The van der Waals surface area contributed by atoms with Crippen LogP contribution in [0.15, 0.2) is 4.42 Å². The van der Waals surface area contributed by atoms with Crippen LogP contribution in [0.4, 0.5) is 6.01 Å². The SMILES string of the molecule is C1CCC(CNc2nnc(C3CCCC3)o2)OC1. The van der Waals surface area contributed by atoms with Gasteiger partial charge in [-0.2, -0.15) is 0 Å². The van der Waals surface area contributed by atoms with E-state index in [1.54, 1.807) is 0 Å². The van der Waals surface area contributed by atoms with E-state index in [9.17, 15) is 0 Å². The molecule has 2 fully saturated rings. The van der Waals surface area contributed by atoms with Gasteiger partial charge in [-0.3, -0.25) is 0 Å². The number of hydrogen-bond acceptors (Lipinski definition) is 5. The largest absolute Gasteiger partial charge is 0.408 e. The van der Waals surface area contributed by atoms with Gasteiger partial charge in [-0.1, -0.05) is 17.9 Å².